The van der Waals surface area contributed by atoms with Gasteiger partial charge < -0.3 is 0 Å². The van der Waals surface area contributed by atoms with Crippen LogP contribution >= 0.6 is 0 Å². The average molecular weight is 455 g/mol. The van der Waals surface area contributed by atoms with Gasteiger partial charge in [-0.25, -0.2) is 0 Å². The molecule has 34 heavy (non-hydrogen) atoms. The molecule has 2 unspecified atom stereocenters. The van der Waals surface area contributed by atoms with Gasteiger partial charge in [0, 0.05) is 0 Å². The summed E-state index contributed by atoms with van der Waals surface area (Å²) in [5.41, 5.74) is 9.84. The van der Waals surface area contributed by atoms with Gasteiger partial charge in [-0.05, 0) is 97.5 Å². The Morgan fingerprint density at radius 1 is 0.971 bits per heavy atom. The lowest BCUT2D eigenvalue weighted by molar-refractivity contribution is 0.384. The molecular formula is C34H46. The zero-order valence-corrected chi connectivity index (χ0v) is 22.2. The molecule has 2 aromatic carbocycles. The van der Waals surface area contributed by atoms with Gasteiger partial charge in [0.25, 0.3) is 0 Å². The first-order valence-corrected chi connectivity index (χ1v) is 13.6. The summed E-state index contributed by atoms with van der Waals surface area (Å²) >= 11 is 0. The normalized spacial score (nSPS) is 19.5. The highest BCUT2D eigenvalue weighted by Gasteiger charge is 2.31. The molecule has 0 N–H and O–H groups in total. The predicted octanol–water partition coefficient (Wildman–Crippen LogP) is 9.79. The first-order valence-electron chi connectivity index (χ1n) is 13.6. The largest absolute Gasteiger partial charge is 0.0992 e. The summed E-state index contributed by atoms with van der Waals surface area (Å²) in [6, 6.07) is 18.4. The predicted molar refractivity (Wildman–Crippen MR) is 151 cm³/mol. The Hall–Kier alpha value is -2.34. The van der Waals surface area contributed by atoms with Crippen LogP contribution in [0, 0.1) is 17.8 Å². The van der Waals surface area contributed by atoms with Gasteiger partial charge in [0.1, 0.15) is 0 Å². The van der Waals surface area contributed by atoms with E-state index in [4.69, 9.17) is 0 Å². The molecule has 2 atom stereocenters. The van der Waals surface area contributed by atoms with E-state index in [9.17, 15) is 0 Å². The van der Waals surface area contributed by atoms with Crippen LogP contribution in [0.5, 0.6) is 0 Å². The first kappa shape index (κ1) is 26.3. The van der Waals surface area contributed by atoms with E-state index in [1.54, 1.807) is 5.57 Å². The number of unbranched alkanes of at least 4 members (excludes halogenated alkanes) is 2. The monoisotopic (exact) mass is 454 g/mol. The molecule has 1 fully saturated rings. The third-order valence-electron chi connectivity index (χ3n) is 7.59. The van der Waals surface area contributed by atoms with E-state index in [0.717, 1.165) is 19.3 Å². The van der Waals surface area contributed by atoms with E-state index in [2.05, 4.69) is 95.5 Å². The molecular weight excluding hydrogens is 408 g/mol. The Balaban J connectivity index is 1.74. The Morgan fingerprint density at radius 3 is 2.38 bits per heavy atom. The van der Waals surface area contributed by atoms with Crippen LogP contribution in [0.4, 0.5) is 0 Å². The molecule has 182 valence electrons. The Labute approximate surface area is 209 Å². The van der Waals surface area contributed by atoms with Crippen LogP contribution in [0.1, 0.15) is 88.5 Å². The Bertz CT molecular complexity index is 969. The zero-order valence-electron chi connectivity index (χ0n) is 22.2. The maximum atomic E-state index is 4.65. The summed E-state index contributed by atoms with van der Waals surface area (Å²) in [5, 5.41) is 0. The van der Waals surface area contributed by atoms with E-state index in [-0.39, 0.29) is 0 Å². The fourth-order valence-corrected chi connectivity index (χ4v) is 5.56. The highest BCUT2D eigenvalue weighted by molar-refractivity contribution is 5.67. The van der Waals surface area contributed by atoms with Gasteiger partial charge in [-0.3, -0.25) is 0 Å². The lowest BCUT2D eigenvalue weighted by Crippen LogP contribution is -2.24. The number of hydrogen-bond donors (Lipinski definition) is 0. The molecule has 3 rings (SSSR count). The molecule has 2 aromatic rings. The van der Waals surface area contributed by atoms with Gasteiger partial charge in [0.15, 0.2) is 0 Å². The van der Waals surface area contributed by atoms with Crippen molar-refractivity contribution in [3.8, 4) is 0 Å². The van der Waals surface area contributed by atoms with Crippen molar-refractivity contribution in [3.63, 3.8) is 0 Å². The minimum Gasteiger partial charge on any atom is -0.0992 e. The van der Waals surface area contributed by atoms with Crippen LogP contribution in [0.25, 0.3) is 5.57 Å². The molecule has 0 nitrogen and oxygen atoms in total. The lowest BCUT2D eigenvalue weighted by Gasteiger charge is -2.36. The van der Waals surface area contributed by atoms with Gasteiger partial charge >= 0.3 is 0 Å². The second-order valence-corrected chi connectivity index (χ2v) is 10.8. The van der Waals surface area contributed by atoms with E-state index >= 15 is 0 Å². The smallest absolute Gasteiger partial charge is 0.00667 e. The number of allylic oxidation sites excluding steroid dienone is 4. The fourth-order valence-electron chi connectivity index (χ4n) is 5.56. The fraction of sp³-hybridized carbons (Fsp3) is 0.471. The maximum Gasteiger partial charge on any atom is -0.00667 e. The topological polar surface area (TPSA) is 0 Å². The van der Waals surface area contributed by atoms with Crippen LogP contribution in [-0.4, -0.2) is 0 Å². The first-order chi connectivity index (χ1) is 16.4. The molecule has 0 saturated heterocycles. The molecule has 1 aliphatic carbocycles. The van der Waals surface area contributed by atoms with Gasteiger partial charge in [-0.15, -0.1) is 0 Å². The van der Waals surface area contributed by atoms with Crippen molar-refractivity contribution in [1.82, 2.24) is 0 Å². The SMILES string of the molecule is C=C(Cc1ccc(CCCCC)cc1)C1CC(=CC)CCC1C(=C)c1cccc(CC(C)C)c1. The van der Waals surface area contributed by atoms with E-state index in [1.165, 1.54) is 71.9 Å². The zero-order chi connectivity index (χ0) is 24.5. The molecule has 0 heteroatoms. The van der Waals surface area contributed by atoms with Gasteiger partial charge in [-0.1, -0.05) is 113 Å². The third kappa shape index (κ3) is 7.33. The van der Waals surface area contributed by atoms with E-state index in [1.807, 2.05) is 0 Å². The van der Waals surface area contributed by atoms with E-state index < -0.39 is 0 Å². The second kappa shape index (κ2) is 12.9. The van der Waals surface area contributed by atoms with Gasteiger partial charge in [-0.2, -0.15) is 0 Å². The van der Waals surface area contributed by atoms with Gasteiger partial charge in [0.2, 0.25) is 0 Å². The van der Waals surface area contributed by atoms with Crippen LogP contribution in [-0.2, 0) is 19.3 Å². The van der Waals surface area contributed by atoms with Crippen molar-refractivity contribution in [2.45, 2.75) is 85.5 Å². The summed E-state index contributed by atoms with van der Waals surface area (Å²) < 4.78 is 0. The summed E-state index contributed by atoms with van der Waals surface area (Å²) in [7, 11) is 0. The summed E-state index contributed by atoms with van der Waals surface area (Å²) in [5.74, 6) is 1.60. The number of hydrogen-bond acceptors (Lipinski definition) is 0. The van der Waals surface area contributed by atoms with Gasteiger partial charge in [0.05, 0.1) is 0 Å². The number of rotatable bonds is 11. The molecule has 0 aliphatic heterocycles. The average Bonchev–Trinajstić information content (AvgIpc) is 2.84. The maximum absolute atomic E-state index is 4.65. The number of benzene rings is 2. The number of aryl methyl sites for hydroxylation is 1. The minimum absolute atomic E-state index is 0.463. The minimum atomic E-state index is 0.463. The van der Waals surface area contributed by atoms with Crippen molar-refractivity contribution >= 4 is 5.57 Å². The Kier molecular flexibility index (Phi) is 10.00. The molecule has 0 heterocycles. The molecule has 1 aliphatic rings. The van der Waals surface area contributed by atoms with Crippen LogP contribution in [0.15, 0.2) is 78.9 Å². The molecule has 0 bridgehead atoms. The lowest BCUT2D eigenvalue weighted by atomic mass is 9.68. The molecule has 0 aromatic heterocycles. The van der Waals surface area contributed by atoms with Crippen LogP contribution < -0.4 is 0 Å². The highest BCUT2D eigenvalue weighted by Crippen LogP contribution is 2.44. The third-order valence-corrected chi connectivity index (χ3v) is 7.59. The quantitative estimate of drug-likeness (QED) is 0.234. The molecule has 0 radical (unpaired) electrons. The standard InChI is InChI=1S/C34H46/c1-7-9-10-12-29-15-17-30(18-16-29)22-26(5)34-24-28(8-2)19-20-33(34)27(6)32-14-11-13-31(23-32)21-25(3)4/h8,11,13-18,23,25,33-34H,5-7,9-10,12,19-22,24H2,1-4H3. The van der Waals surface area contributed by atoms with Crippen molar-refractivity contribution in [3.05, 3.63) is 101 Å². The summed E-state index contributed by atoms with van der Waals surface area (Å²) in [6.45, 7) is 18.3. The van der Waals surface area contributed by atoms with Crippen LogP contribution in [0.3, 0.4) is 0 Å². The second-order valence-electron chi connectivity index (χ2n) is 10.8. The molecule has 0 spiro atoms. The molecule has 1 saturated carbocycles. The summed E-state index contributed by atoms with van der Waals surface area (Å²) in [4.78, 5) is 0. The van der Waals surface area contributed by atoms with E-state index in [0.29, 0.717) is 17.8 Å². The Morgan fingerprint density at radius 2 is 1.71 bits per heavy atom. The highest BCUT2D eigenvalue weighted by atomic mass is 14.4. The van der Waals surface area contributed by atoms with Crippen molar-refractivity contribution in [2.24, 2.45) is 17.8 Å². The molecule has 0 amide bonds. The van der Waals surface area contributed by atoms with Crippen molar-refractivity contribution in [2.75, 3.05) is 0 Å². The summed E-state index contributed by atoms with van der Waals surface area (Å²) in [6.07, 6.45) is 13.0. The van der Waals surface area contributed by atoms with Crippen LogP contribution in [0.2, 0.25) is 0 Å². The van der Waals surface area contributed by atoms with Crippen molar-refractivity contribution in [1.29, 1.82) is 0 Å². The van der Waals surface area contributed by atoms with Crippen molar-refractivity contribution < 1.29 is 0 Å².